The molecule has 25 nitrogen and oxygen atoms in total. The number of aliphatic hydroxyl groups excluding tert-OH is 1. The highest BCUT2D eigenvalue weighted by atomic mass is 127. The molecule has 138 heavy (non-hydrogen) atoms. The van der Waals surface area contributed by atoms with Gasteiger partial charge in [-0.1, -0.05) is 104 Å². The Hall–Kier alpha value is -7.44. The van der Waals surface area contributed by atoms with Crippen molar-refractivity contribution in [3.05, 3.63) is 235 Å². The number of aromatic amines is 2. The van der Waals surface area contributed by atoms with Crippen LogP contribution in [0.4, 0.5) is 17.3 Å². The summed E-state index contributed by atoms with van der Waals surface area (Å²) in [6.45, 7) is 20.4. The Labute approximate surface area is 879 Å². The second-order valence-electron chi connectivity index (χ2n) is 34.6. The van der Waals surface area contributed by atoms with E-state index in [1.165, 1.54) is 43.5 Å². The number of hydrogen-bond donors (Lipinski definition) is 8. The number of hydrogen-bond acceptors (Lipinski definition) is 23. The first-order chi connectivity index (χ1) is 65.5. The van der Waals surface area contributed by atoms with Crippen molar-refractivity contribution in [2.45, 2.75) is 139 Å². The van der Waals surface area contributed by atoms with E-state index >= 15 is 0 Å². The quantitative estimate of drug-likeness (QED) is 0.0108. The van der Waals surface area contributed by atoms with Crippen LogP contribution in [0.15, 0.2) is 195 Å². The number of H-pyrrole nitrogens is 2. The van der Waals surface area contributed by atoms with Gasteiger partial charge in [-0.2, -0.15) is 0 Å². The SMILES string of the molecule is CCCCC.CN(C)CCCO.CN(C)CCCOc1ccc(Cl)cc1I.Cc1cnc(N)c(Br)c1.Cc1cnc(Nc2cc(Cl)ccc2OCCCN(C)C)c(Br)c1.Cc1cnc2[nH]c3c(OCCCN(C)C)ccc(-c4cccc(S(=O)(=O)C5CC5)c4)c3c2c1.Cc1cnc2[nH]c3c(OCCCN(C)C)ccc(Cl)c3c2c1.O=S(=O)(c1cccc(B(O)O)c1)C1CC1.Oc1ccc(Cl)cc1I. The second kappa shape index (κ2) is 59.6. The number of rotatable bonds is 33. The van der Waals surface area contributed by atoms with Crippen molar-refractivity contribution >= 4 is 217 Å². The number of phenols is 1. The largest absolute Gasteiger partial charge is 0.507 e. The molecule has 0 aliphatic heterocycles. The number of phenolic OH excluding ortho intramolecular Hbond substituents is 1. The summed E-state index contributed by atoms with van der Waals surface area (Å²) >= 11 is 35.0. The first-order valence-electron chi connectivity index (χ1n) is 45.6. The average molecular weight is 2360 g/mol. The van der Waals surface area contributed by atoms with Crippen LogP contribution in [-0.4, -0.2) is 245 Å². The minimum atomic E-state index is -3.26. The lowest BCUT2D eigenvalue weighted by atomic mass is 9.80. The van der Waals surface area contributed by atoms with Crippen LogP contribution in [0.5, 0.6) is 28.7 Å². The zero-order valence-corrected chi connectivity index (χ0v) is 93.7. The molecule has 36 heteroatoms. The Balaban J connectivity index is 0.000000222. The Morgan fingerprint density at radius 2 is 0.891 bits per heavy atom. The highest BCUT2D eigenvalue weighted by molar-refractivity contribution is 14.1. The Kier molecular flexibility index (Phi) is 50.8. The average Bonchev–Trinajstić information content (AvgIpc) is 1.60. The topological polar surface area (TPSA) is 324 Å². The molecular formula is C102H132BBr2Cl4I2N13O12S2. The first kappa shape index (κ1) is 118. The molecule has 0 spiro atoms. The van der Waals surface area contributed by atoms with Crippen LogP contribution in [0.2, 0.25) is 20.1 Å². The van der Waals surface area contributed by atoms with Crippen molar-refractivity contribution in [3.8, 4) is 39.9 Å². The summed E-state index contributed by atoms with van der Waals surface area (Å²) in [7, 11) is 12.3. The number of aromatic hydroxyl groups is 1. The van der Waals surface area contributed by atoms with Crippen molar-refractivity contribution in [3.63, 3.8) is 0 Å². The molecule has 0 atom stereocenters. The minimum absolute atomic E-state index is 0.176. The molecule has 2 fully saturated rings. The van der Waals surface area contributed by atoms with E-state index < -0.39 is 26.8 Å². The van der Waals surface area contributed by atoms with Crippen LogP contribution >= 0.6 is 123 Å². The van der Waals surface area contributed by atoms with E-state index in [0.717, 1.165) is 217 Å². The highest BCUT2D eigenvalue weighted by Crippen LogP contribution is 2.43. The number of ether oxygens (including phenoxy) is 4. The third-order valence-corrected chi connectivity index (χ3v) is 29.2. The maximum Gasteiger partial charge on any atom is 0.488 e. The van der Waals surface area contributed by atoms with E-state index in [1.54, 1.807) is 30.5 Å². The lowest BCUT2D eigenvalue weighted by molar-refractivity contribution is 0.263. The molecule has 6 heterocycles. The van der Waals surface area contributed by atoms with Crippen LogP contribution in [0.3, 0.4) is 0 Å². The molecule has 13 aromatic rings. The monoisotopic (exact) mass is 2360 g/mol. The molecular weight excluding hydrogens is 2230 g/mol. The molecule has 0 amide bonds. The predicted molar refractivity (Wildman–Crippen MR) is 596 cm³/mol. The van der Waals surface area contributed by atoms with Crippen molar-refractivity contribution < 1.29 is 56.0 Å². The molecule has 15 rings (SSSR count). The van der Waals surface area contributed by atoms with Crippen LogP contribution in [0.1, 0.15) is 113 Å². The van der Waals surface area contributed by atoms with Gasteiger partial charge in [-0.3, -0.25) is 0 Å². The molecule has 0 unspecified atom stereocenters. The molecule has 2 aliphatic rings. The Morgan fingerprint density at radius 3 is 1.33 bits per heavy atom. The van der Waals surface area contributed by atoms with Gasteiger partial charge in [0.25, 0.3) is 0 Å². The van der Waals surface area contributed by atoms with Gasteiger partial charge < -0.3 is 84.7 Å². The van der Waals surface area contributed by atoms with Crippen molar-refractivity contribution in [1.29, 1.82) is 0 Å². The van der Waals surface area contributed by atoms with Crippen molar-refractivity contribution in [2.24, 2.45) is 0 Å². The smallest absolute Gasteiger partial charge is 0.488 e. The number of aliphatic hydroxyl groups is 1. The van der Waals surface area contributed by atoms with Gasteiger partial charge in [0.2, 0.25) is 0 Å². The summed E-state index contributed by atoms with van der Waals surface area (Å²) in [6.07, 6.45) is 19.0. The number of pyridine rings is 4. The number of halogens is 8. The molecule has 748 valence electrons. The van der Waals surface area contributed by atoms with E-state index in [1.807, 2.05) is 174 Å². The second-order valence-corrected chi connectivity index (χ2v) is 44.8. The Bertz CT molecular complexity index is 6200. The summed E-state index contributed by atoms with van der Waals surface area (Å²) in [5.41, 5.74) is 16.1. The molecule has 6 aromatic heterocycles. The van der Waals surface area contributed by atoms with E-state index in [4.69, 9.17) is 91.3 Å². The highest BCUT2D eigenvalue weighted by Gasteiger charge is 2.38. The molecule has 2 aliphatic carbocycles. The van der Waals surface area contributed by atoms with Gasteiger partial charge >= 0.3 is 7.12 Å². The van der Waals surface area contributed by atoms with Gasteiger partial charge in [-0.05, 0) is 406 Å². The third kappa shape index (κ3) is 39.7. The summed E-state index contributed by atoms with van der Waals surface area (Å²) in [6, 6.07) is 45.2. The van der Waals surface area contributed by atoms with Gasteiger partial charge in [0, 0.05) is 94.2 Å². The van der Waals surface area contributed by atoms with Gasteiger partial charge in [0.1, 0.15) is 51.7 Å². The standard InChI is InChI=1S/C26H29N3O3S.C17H21BrClN3O.C17H20ClN3O.C11H15ClINO.C9H11BO4S.C6H7BrN2.C6H4ClIO.C5H13NO.C5H12/c1-17-14-22-24-21(18-6-4-7-20(15-18)33(30,31)19-8-9-19)10-11-23(32-13-5-12-29(2)3)25(24)28-26(22)27-16-17;1-12-9-14(18)17(20-11-12)21-15-10-13(19)5-6-16(15)23-8-4-7-22(2)3;1-11-9-12-15-13(18)5-6-14(22-8-4-7-21(2)3)16(15)20-17(12)19-10-11;1-14(2)6-3-7-15-11-5-4-9(12)8-10(11)13;11-10(12)7-2-1-3-9(6-7)15(13,14)8-4-5-8;1-4-2-5(7)6(8)9-3-4;7-4-1-2-6(9)5(8)3-4;1-6(2)4-3-5-7;1-3-5-4-2/h4,6-7,10-11,14-16,19H,5,8-9,12-13H2,1-3H3,(H,27,28);5-6,9-11H,4,7-8H2,1-3H3,(H,20,21);5-6,9-10H,4,7-8H2,1-3H3,(H,19,20);4-5,8H,3,6-7H2,1-2H3;1-3,6,8,11-12H,4-5H2;2-3H,1H3,(H2,8,9);1-3,9H;7H,3-5H2,1-2H3;3-5H2,1-2H3. The first-order valence-corrected chi connectivity index (χ1v) is 53.9. The molecule has 0 bridgehead atoms. The van der Waals surface area contributed by atoms with Gasteiger partial charge in [-0.25, -0.2) is 36.8 Å². The third-order valence-electron chi connectivity index (χ3n) is 20.7. The lowest BCUT2D eigenvalue weighted by Crippen LogP contribution is -2.30. The molecule has 9 N–H and O–H groups in total. The Morgan fingerprint density at radius 1 is 0.478 bits per heavy atom. The normalized spacial score (nSPS) is 12.1. The number of unbranched alkanes of at least 4 members (excludes halogenated alkanes) is 2. The molecule has 0 radical (unpaired) electrons. The summed E-state index contributed by atoms with van der Waals surface area (Å²) < 4.78 is 76.6. The zero-order valence-electron chi connectivity index (χ0n) is 81.5. The number of fused-ring (bicyclic) bond motifs is 6. The van der Waals surface area contributed by atoms with Gasteiger partial charge in [0.05, 0.1) is 84.5 Å². The van der Waals surface area contributed by atoms with E-state index in [0.29, 0.717) is 65.1 Å². The fourth-order valence-corrected chi connectivity index (χ4v) is 20.1. The number of nitrogens with zero attached hydrogens (tertiary/aromatic N) is 9. The number of benzene rings is 7. The number of aryl methyl sites for hydroxylation is 4. The van der Waals surface area contributed by atoms with Crippen LogP contribution in [-0.2, 0) is 19.7 Å². The van der Waals surface area contributed by atoms with Crippen LogP contribution in [0, 0.1) is 34.8 Å². The summed E-state index contributed by atoms with van der Waals surface area (Å²) in [5, 5.41) is 44.7. The van der Waals surface area contributed by atoms with Crippen molar-refractivity contribution in [1.82, 2.24) is 54.4 Å². The lowest BCUT2D eigenvalue weighted by Gasteiger charge is -2.15. The number of aromatic nitrogens is 6. The van der Waals surface area contributed by atoms with E-state index in [2.05, 4.69) is 197 Å². The number of nitrogens with one attached hydrogen (secondary N) is 3. The number of anilines is 3. The zero-order chi connectivity index (χ0) is 102. The maximum atomic E-state index is 12.9. The number of nitrogen functional groups attached to an aromatic ring is 1. The molecule has 0 saturated heterocycles. The summed E-state index contributed by atoms with van der Waals surface area (Å²) in [5.74, 6) is 4.84. The van der Waals surface area contributed by atoms with Crippen molar-refractivity contribution in [2.75, 3.05) is 147 Å². The fraction of sp³-hybridized carbons (Fsp3) is 0.392. The number of sulfone groups is 2. The maximum absolute atomic E-state index is 12.9. The van der Waals surface area contributed by atoms with Gasteiger partial charge in [0.15, 0.2) is 19.7 Å². The van der Waals surface area contributed by atoms with E-state index in [-0.39, 0.29) is 26.6 Å². The number of nitrogens with two attached hydrogens (primary N) is 1. The van der Waals surface area contributed by atoms with Gasteiger partial charge in [-0.15, -0.1) is 0 Å². The van der Waals surface area contributed by atoms with Crippen LogP contribution < -0.4 is 35.5 Å². The molecule has 2 saturated carbocycles. The fourth-order valence-electron chi connectivity index (χ4n) is 13.3. The van der Waals surface area contributed by atoms with Crippen LogP contribution in [0.25, 0.3) is 55.0 Å². The minimum Gasteiger partial charge on any atom is -0.507 e. The molecule has 7 aromatic carbocycles. The van der Waals surface area contributed by atoms with E-state index in [9.17, 15) is 16.8 Å². The predicted octanol–water partition coefficient (Wildman–Crippen LogP) is 22.9. The summed E-state index contributed by atoms with van der Waals surface area (Å²) in [4.78, 5) is 35.3.